The summed E-state index contributed by atoms with van der Waals surface area (Å²) in [6.07, 6.45) is 0.239. The van der Waals surface area contributed by atoms with E-state index in [1.165, 1.54) is 4.90 Å². The summed E-state index contributed by atoms with van der Waals surface area (Å²) < 4.78 is 35.1. The van der Waals surface area contributed by atoms with Crippen molar-refractivity contribution in [1.82, 2.24) is 10.2 Å². The van der Waals surface area contributed by atoms with Crippen LogP contribution in [0.5, 0.6) is 5.75 Å². The average Bonchev–Trinajstić information content (AvgIpc) is 3.01. The van der Waals surface area contributed by atoms with Gasteiger partial charge in [-0.05, 0) is 93.3 Å². The fraction of sp³-hybridized carbons (Fsp3) is 0.297. The maximum absolute atomic E-state index is 14.6. The predicted molar refractivity (Wildman–Crippen MR) is 182 cm³/mol. The van der Waals surface area contributed by atoms with E-state index < -0.39 is 28.5 Å². The molecule has 1 N–H and O–H groups in total. The van der Waals surface area contributed by atoms with Gasteiger partial charge in [-0.25, -0.2) is 8.42 Å². The van der Waals surface area contributed by atoms with Crippen LogP contribution in [0, 0.1) is 20.8 Å². The number of rotatable bonds is 13. The number of nitrogens with one attached hydrogen (secondary N) is 1. The number of carbonyl (C=O) groups is 2. The molecular formula is C37H43N3O5S. The Morgan fingerprint density at radius 1 is 0.783 bits per heavy atom. The van der Waals surface area contributed by atoms with E-state index in [2.05, 4.69) is 5.32 Å². The zero-order valence-corrected chi connectivity index (χ0v) is 28.2. The Labute approximate surface area is 273 Å². The minimum atomic E-state index is -4.18. The third-order valence-electron chi connectivity index (χ3n) is 7.57. The molecule has 0 radical (unpaired) electrons. The number of benzene rings is 4. The fourth-order valence-corrected chi connectivity index (χ4v) is 6.76. The standard InChI is InChI=1S/C37H43N3O5S/c1-26(2)38-37(42)35(23-30-11-8-7-9-12-30)39(24-31-13-10-14-33(22-31)45-6)36(41)25-40(32-20-28(4)19-29(5)21-32)46(43,44)34-17-15-27(3)16-18-34/h7-22,26,35H,23-25H2,1-6H3,(H,38,42). The maximum Gasteiger partial charge on any atom is 0.264 e. The zero-order valence-electron chi connectivity index (χ0n) is 27.4. The Balaban J connectivity index is 1.84. The summed E-state index contributed by atoms with van der Waals surface area (Å²) in [5.74, 6) is -0.234. The lowest BCUT2D eigenvalue weighted by molar-refractivity contribution is -0.140. The lowest BCUT2D eigenvalue weighted by Crippen LogP contribution is -2.54. The number of methoxy groups -OCH3 is 1. The van der Waals surface area contributed by atoms with Crippen molar-refractivity contribution in [3.8, 4) is 5.75 Å². The van der Waals surface area contributed by atoms with Gasteiger partial charge in [0.1, 0.15) is 18.3 Å². The second-order valence-corrected chi connectivity index (χ2v) is 13.8. The van der Waals surface area contributed by atoms with Gasteiger partial charge in [0.05, 0.1) is 17.7 Å². The molecule has 8 nitrogen and oxygen atoms in total. The Bertz CT molecular complexity index is 1740. The minimum absolute atomic E-state index is 0.0598. The highest BCUT2D eigenvalue weighted by molar-refractivity contribution is 7.92. The van der Waals surface area contributed by atoms with Gasteiger partial charge in [-0.3, -0.25) is 13.9 Å². The van der Waals surface area contributed by atoms with Crippen LogP contribution in [0.3, 0.4) is 0 Å². The summed E-state index contributed by atoms with van der Waals surface area (Å²) >= 11 is 0. The van der Waals surface area contributed by atoms with E-state index in [9.17, 15) is 18.0 Å². The third kappa shape index (κ3) is 8.75. The molecule has 46 heavy (non-hydrogen) atoms. The Kier molecular flexibility index (Phi) is 11.2. The van der Waals surface area contributed by atoms with Crippen LogP contribution in [0.4, 0.5) is 5.69 Å². The number of ether oxygens (including phenoxy) is 1. The van der Waals surface area contributed by atoms with Crippen molar-refractivity contribution < 1.29 is 22.7 Å². The van der Waals surface area contributed by atoms with Crippen LogP contribution >= 0.6 is 0 Å². The highest BCUT2D eigenvalue weighted by Crippen LogP contribution is 2.27. The van der Waals surface area contributed by atoms with Crippen LogP contribution in [0.2, 0.25) is 0 Å². The Hall–Kier alpha value is -4.63. The molecule has 0 spiro atoms. The minimum Gasteiger partial charge on any atom is -0.497 e. The van der Waals surface area contributed by atoms with E-state index in [-0.39, 0.29) is 29.8 Å². The number of hydrogen-bond acceptors (Lipinski definition) is 5. The number of amides is 2. The molecule has 0 bridgehead atoms. The van der Waals surface area contributed by atoms with Gasteiger partial charge in [-0.1, -0.05) is 66.2 Å². The molecule has 4 aromatic carbocycles. The van der Waals surface area contributed by atoms with Crippen LogP contribution in [0.25, 0.3) is 0 Å². The first-order chi connectivity index (χ1) is 21.9. The van der Waals surface area contributed by atoms with Gasteiger partial charge in [0, 0.05) is 19.0 Å². The van der Waals surface area contributed by atoms with Crippen molar-refractivity contribution in [3.63, 3.8) is 0 Å². The van der Waals surface area contributed by atoms with Crippen molar-refractivity contribution in [1.29, 1.82) is 0 Å². The van der Waals surface area contributed by atoms with E-state index in [4.69, 9.17) is 4.74 Å². The van der Waals surface area contributed by atoms with Crippen LogP contribution in [-0.2, 0) is 32.6 Å². The monoisotopic (exact) mass is 641 g/mol. The molecule has 0 saturated heterocycles. The Morgan fingerprint density at radius 3 is 2.02 bits per heavy atom. The molecule has 0 heterocycles. The molecule has 0 aliphatic heterocycles. The molecule has 4 aromatic rings. The highest BCUT2D eigenvalue weighted by Gasteiger charge is 2.35. The lowest BCUT2D eigenvalue weighted by atomic mass is 10.0. The van der Waals surface area contributed by atoms with E-state index in [1.807, 2.05) is 89.2 Å². The van der Waals surface area contributed by atoms with Gasteiger partial charge in [-0.2, -0.15) is 0 Å². The van der Waals surface area contributed by atoms with Crippen LogP contribution in [-0.4, -0.2) is 50.9 Å². The summed E-state index contributed by atoms with van der Waals surface area (Å²) in [5.41, 5.74) is 4.61. The molecule has 2 amide bonds. The van der Waals surface area contributed by atoms with E-state index >= 15 is 0 Å². The van der Waals surface area contributed by atoms with Gasteiger partial charge < -0.3 is 15.0 Å². The molecule has 4 rings (SSSR count). The van der Waals surface area contributed by atoms with Crippen molar-refractivity contribution in [3.05, 3.63) is 125 Å². The van der Waals surface area contributed by atoms with Crippen molar-refractivity contribution >= 4 is 27.5 Å². The predicted octanol–water partition coefficient (Wildman–Crippen LogP) is 5.98. The number of carbonyl (C=O) groups excluding carboxylic acids is 2. The quantitative estimate of drug-likeness (QED) is 0.194. The first-order valence-electron chi connectivity index (χ1n) is 15.3. The number of sulfonamides is 1. The van der Waals surface area contributed by atoms with Gasteiger partial charge >= 0.3 is 0 Å². The van der Waals surface area contributed by atoms with Crippen molar-refractivity contribution in [2.24, 2.45) is 0 Å². The molecule has 0 saturated carbocycles. The second-order valence-electron chi connectivity index (χ2n) is 11.9. The Morgan fingerprint density at radius 2 is 1.41 bits per heavy atom. The first-order valence-corrected chi connectivity index (χ1v) is 16.8. The molecule has 0 aromatic heterocycles. The highest BCUT2D eigenvalue weighted by atomic mass is 32.2. The molecule has 0 aliphatic rings. The smallest absolute Gasteiger partial charge is 0.264 e. The normalized spacial score (nSPS) is 12.0. The molecule has 1 atom stereocenters. The molecule has 1 unspecified atom stereocenters. The largest absolute Gasteiger partial charge is 0.497 e. The van der Waals surface area contributed by atoms with E-state index in [0.29, 0.717) is 11.4 Å². The van der Waals surface area contributed by atoms with Crippen LogP contribution in [0.15, 0.2) is 102 Å². The van der Waals surface area contributed by atoms with Gasteiger partial charge in [0.15, 0.2) is 0 Å². The number of aryl methyl sites for hydroxylation is 3. The van der Waals surface area contributed by atoms with Crippen molar-refractivity contribution in [2.75, 3.05) is 18.0 Å². The number of hydrogen-bond donors (Lipinski definition) is 1. The van der Waals surface area contributed by atoms with E-state index in [1.54, 1.807) is 49.6 Å². The fourth-order valence-electron chi connectivity index (χ4n) is 5.36. The summed E-state index contributed by atoms with van der Waals surface area (Å²) in [6, 6.07) is 27.7. The van der Waals surface area contributed by atoms with Gasteiger partial charge in [-0.15, -0.1) is 0 Å². The molecule has 242 valence electrons. The van der Waals surface area contributed by atoms with E-state index in [0.717, 1.165) is 32.1 Å². The molecule has 9 heteroatoms. The van der Waals surface area contributed by atoms with Crippen LogP contribution < -0.4 is 14.4 Å². The summed E-state index contributed by atoms with van der Waals surface area (Å²) in [7, 11) is -2.61. The van der Waals surface area contributed by atoms with Crippen molar-refractivity contribution in [2.45, 2.75) is 64.6 Å². The summed E-state index contributed by atoms with van der Waals surface area (Å²) in [5, 5.41) is 2.98. The lowest BCUT2D eigenvalue weighted by Gasteiger charge is -2.34. The maximum atomic E-state index is 14.6. The molecule has 0 fully saturated rings. The second kappa shape index (κ2) is 15.1. The summed E-state index contributed by atoms with van der Waals surface area (Å²) in [6.45, 7) is 8.93. The van der Waals surface area contributed by atoms with Gasteiger partial charge in [0.2, 0.25) is 11.8 Å². The zero-order chi connectivity index (χ0) is 33.4. The van der Waals surface area contributed by atoms with Gasteiger partial charge in [0.25, 0.3) is 10.0 Å². The summed E-state index contributed by atoms with van der Waals surface area (Å²) in [4.78, 5) is 30.0. The molecular weight excluding hydrogens is 598 g/mol. The third-order valence-corrected chi connectivity index (χ3v) is 9.36. The first kappa shape index (κ1) is 34.2. The topological polar surface area (TPSA) is 96.0 Å². The number of anilines is 1. The average molecular weight is 642 g/mol. The SMILES string of the molecule is COc1cccc(CN(C(=O)CN(c2cc(C)cc(C)c2)S(=O)(=O)c2ccc(C)cc2)C(Cc2ccccc2)C(=O)NC(C)C)c1. The van der Waals surface area contributed by atoms with Crippen LogP contribution in [0.1, 0.15) is 41.7 Å². The molecule has 0 aliphatic carbocycles. The number of nitrogens with zero attached hydrogens (tertiary/aromatic N) is 2.